The summed E-state index contributed by atoms with van der Waals surface area (Å²) in [5, 5.41) is 2.89. The van der Waals surface area contributed by atoms with Crippen LogP contribution in [0.3, 0.4) is 0 Å². The second-order valence-corrected chi connectivity index (χ2v) is 6.96. The van der Waals surface area contributed by atoms with Crippen LogP contribution in [0, 0.1) is 12.8 Å². The van der Waals surface area contributed by atoms with Crippen LogP contribution >= 0.6 is 0 Å². The van der Waals surface area contributed by atoms with Gasteiger partial charge in [0.15, 0.2) is 0 Å². The van der Waals surface area contributed by atoms with Crippen LogP contribution in [0.1, 0.15) is 45.6 Å². The minimum atomic E-state index is -0.234. The van der Waals surface area contributed by atoms with Crippen molar-refractivity contribution in [3.63, 3.8) is 0 Å². The number of piperidine rings is 1. The molecule has 1 aliphatic rings. The van der Waals surface area contributed by atoms with Crippen molar-refractivity contribution in [2.24, 2.45) is 5.92 Å². The maximum Gasteiger partial charge on any atom is 0.233 e. The Labute approximate surface area is 151 Å². The van der Waals surface area contributed by atoms with E-state index in [2.05, 4.69) is 37.1 Å². The van der Waals surface area contributed by atoms with Crippen LogP contribution in [0.2, 0.25) is 0 Å². The molecule has 0 aliphatic carbocycles. The van der Waals surface area contributed by atoms with Crippen molar-refractivity contribution in [2.45, 2.75) is 47.0 Å². The van der Waals surface area contributed by atoms with Crippen molar-refractivity contribution in [2.75, 3.05) is 36.4 Å². The van der Waals surface area contributed by atoms with E-state index >= 15 is 0 Å². The van der Waals surface area contributed by atoms with Gasteiger partial charge in [0.05, 0.1) is 0 Å². The second-order valence-electron chi connectivity index (χ2n) is 6.96. The summed E-state index contributed by atoms with van der Waals surface area (Å²) in [5.41, 5.74) is 2.94. The molecular weight excluding hydrogens is 314 g/mol. The zero-order chi connectivity index (χ0) is 18.4. The van der Waals surface area contributed by atoms with Gasteiger partial charge in [-0.1, -0.05) is 6.92 Å². The van der Waals surface area contributed by atoms with Crippen molar-refractivity contribution in [1.29, 1.82) is 0 Å². The normalized spacial score (nSPS) is 15.1. The predicted molar refractivity (Wildman–Crippen MR) is 103 cm³/mol. The number of benzene rings is 1. The molecule has 25 heavy (non-hydrogen) atoms. The van der Waals surface area contributed by atoms with Gasteiger partial charge in [0, 0.05) is 37.6 Å². The smallest absolute Gasteiger partial charge is 0.233 e. The summed E-state index contributed by atoms with van der Waals surface area (Å²) in [4.78, 5) is 28.6. The molecule has 1 saturated heterocycles. The molecule has 1 heterocycles. The summed E-state index contributed by atoms with van der Waals surface area (Å²) < 4.78 is 0. The largest absolute Gasteiger partial charge is 0.372 e. The Morgan fingerprint density at radius 1 is 1.20 bits per heavy atom. The molecule has 5 nitrogen and oxygen atoms in total. The maximum atomic E-state index is 12.3. The van der Waals surface area contributed by atoms with Gasteiger partial charge < -0.3 is 15.1 Å². The van der Waals surface area contributed by atoms with Crippen molar-refractivity contribution >= 4 is 23.2 Å². The number of carbonyl (C=O) groups excluding carboxylic acids is 2. The summed E-state index contributed by atoms with van der Waals surface area (Å²) >= 11 is 0. The highest BCUT2D eigenvalue weighted by atomic mass is 16.2. The van der Waals surface area contributed by atoms with Crippen molar-refractivity contribution < 1.29 is 9.59 Å². The molecule has 2 amide bonds. The van der Waals surface area contributed by atoms with Crippen LogP contribution in [0.5, 0.6) is 0 Å². The fraction of sp³-hybridized carbons (Fsp3) is 0.600. The van der Waals surface area contributed by atoms with Gasteiger partial charge in [0.1, 0.15) is 6.42 Å². The van der Waals surface area contributed by atoms with Gasteiger partial charge in [0.25, 0.3) is 0 Å². The first-order valence-electron chi connectivity index (χ1n) is 9.37. The molecular formula is C20H31N3O2. The van der Waals surface area contributed by atoms with Gasteiger partial charge in [-0.3, -0.25) is 9.59 Å². The number of amides is 2. The Morgan fingerprint density at radius 2 is 1.84 bits per heavy atom. The summed E-state index contributed by atoms with van der Waals surface area (Å²) in [6.45, 7) is 11.9. The minimum absolute atomic E-state index is 0.0678. The van der Waals surface area contributed by atoms with Gasteiger partial charge in [-0.25, -0.2) is 0 Å². The molecule has 0 spiro atoms. The zero-order valence-corrected chi connectivity index (χ0v) is 16.0. The van der Waals surface area contributed by atoms with Gasteiger partial charge in [-0.05, 0) is 63.3 Å². The standard InChI is InChI=1S/C20H31N3O2/c1-5-22(6-2)17-7-8-18(16(4)13-17)21-19(24)14-20(25)23-11-9-15(3)10-12-23/h7-8,13,15H,5-6,9-12,14H2,1-4H3,(H,21,24). The highest BCUT2D eigenvalue weighted by Crippen LogP contribution is 2.23. The third-order valence-electron chi connectivity index (χ3n) is 5.06. The number of hydrogen-bond donors (Lipinski definition) is 1. The number of likely N-dealkylation sites (tertiary alicyclic amines) is 1. The average Bonchev–Trinajstić information content (AvgIpc) is 2.58. The van der Waals surface area contributed by atoms with Gasteiger partial charge in [-0.2, -0.15) is 0 Å². The molecule has 5 heteroatoms. The molecule has 0 atom stereocenters. The van der Waals surface area contributed by atoms with Gasteiger partial charge in [-0.15, -0.1) is 0 Å². The molecule has 2 rings (SSSR count). The minimum Gasteiger partial charge on any atom is -0.372 e. The Kier molecular flexibility index (Phi) is 6.85. The van der Waals surface area contributed by atoms with Crippen LogP contribution in [0.4, 0.5) is 11.4 Å². The molecule has 0 radical (unpaired) electrons. The fourth-order valence-corrected chi connectivity index (χ4v) is 3.28. The number of nitrogens with zero attached hydrogens (tertiary/aromatic N) is 2. The lowest BCUT2D eigenvalue weighted by Crippen LogP contribution is -2.39. The molecule has 1 aliphatic heterocycles. The monoisotopic (exact) mass is 345 g/mol. The highest BCUT2D eigenvalue weighted by molar-refractivity contribution is 6.04. The lowest BCUT2D eigenvalue weighted by molar-refractivity contribution is -0.135. The summed E-state index contributed by atoms with van der Waals surface area (Å²) in [6.07, 6.45) is 1.98. The SMILES string of the molecule is CCN(CC)c1ccc(NC(=O)CC(=O)N2CCC(C)CC2)c(C)c1. The quantitative estimate of drug-likeness (QED) is 0.804. The molecule has 0 bridgehead atoms. The molecule has 1 fully saturated rings. The van der Waals surface area contributed by atoms with E-state index in [9.17, 15) is 9.59 Å². The van der Waals surface area contributed by atoms with Crippen LogP contribution in [-0.2, 0) is 9.59 Å². The number of carbonyl (C=O) groups is 2. The third-order valence-corrected chi connectivity index (χ3v) is 5.06. The molecule has 1 aromatic rings. The Morgan fingerprint density at radius 3 is 2.40 bits per heavy atom. The number of aryl methyl sites for hydroxylation is 1. The van der Waals surface area contributed by atoms with Crippen LogP contribution < -0.4 is 10.2 Å². The van der Waals surface area contributed by atoms with E-state index < -0.39 is 0 Å². The topological polar surface area (TPSA) is 52.7 Å². The molecule has 1 aromatic carbocycles. The van der Waals surface area contributed by atoms with E-state index in [0.29, 0.717) is 5.92 Å². The van der Waals surface area contributed by atoms with E-state index in [-0.39, 0.29) is 18.2 Å². The fourth-order valence-electron chi connectivity index (χ4n) is 3.28. The van der Waals surface area contributed by atoms with Crippen LogP contribution in [0.15, 0.2) is 18.2 Å². The van der Waals surface area contributed by atoms with Crippen molar-refractivity contribution in [1.82, 2.24) is 4.90 Å². The zero-order valence-electron chi connectivity index (χ0n) is 16.0. The third kappa shape index (κ3) is 5.21. The highest BCUT2D eigenvalue weighted by Gasteiger charge is 2.22. The molecule has 0 unspecified atom stereocenters. The second kappa shape index (κ2) is 8.88. The first-order chi connectivity index (χ1) is 11.9. The van der Waals surface area contributed by atoms with E-state index in [1.165, 1.54) is 0 Å². The molecule has 138 valence electrons. The van der Waals surface area contributed by atoms with Gasteiger partial charge in [0.2, 0.25) is 11.8 Å². The van der Waals surface area contributed by atoms with E-state index in [0.717, 1.165) is 56.0 Å². The van der Waals surface area contributed by atoms with Gasteiger partial charge >= 0.3 is 0 Å². The summed E-state index contributed by atoms with van der Waals surface area (Å²) in [5.74, 6) is 0.369. The van der Waals surface area contributed by atoms with E-state index in [1.54, 1.807) is 0 Å². The number of anilines is 2. The van der Waals surface area contributed by atoms with E-state index in [1.807, 2.05) is 24.0 Å². The first-order valence-corrected chi connectivity index (χ1v) is 9.37. The molecule has 1 N–H and O–H groups in total. The average molecular weight is 345 g/mol. The number of rotatable bonds is 6. The lowest BCUT2D eigenvalue weighted by Gasteiger charge is -2.30. The van der Waals surface area contributed by atoms with Crippen LogP contribution in [-0.4, -0.2) is 42.9 Å². The van der Waals surface area contributed by atoms with E-state index in [4.69, 9.17) is 0 Å². The molecule has 0 aromatic heterocycles. The summed E-state index contributed by atoms with van der Waals surface area (Å²) in [6, 6.07) is 6.02. The maximum absolute atomic E-state index is 12.3. The Bertz CT molecular complexity index is 603. The number of nitrogens with one attached hydrogen (secondary N) is 1. The van der Waals surface area contributed by atoms with Crippen molar-refractivity contribution in [3.8, 4) is 0 Å². The first kappa shape index (κ1) is 19.3. The Balaban J connectivity index is 1.93. The predicted octanol–water partition coefficient (Wildman–Crippen LogP) is 3.43. The van der Waals surface area contributed by atoms with Crippen LogP contribution in [0.25, 0.3) is 0 Å². The van der Waals surface area contributed by atoms with Crippen molar-refractivity contribution in [3.05, 3.63) is 23.8 Å². The number of hydrogen-bond acceptors (Lipinski definition) is 3. The Hall–Kier alpha value is -2.04. The lowest BCUT2D eigenvalue weighted by atomic mass is 9.99. The molecule has 0 saturated carbocycles. The summed E-state index contributed by atoms with van der Waals surface area (Å²) in [7, 11) is 0.